The van der Waals surface area contributed by atoms with Gasteiger partial charge in [0.15, 0.2) is 0 Å². The second-order valence-electron chi connectivity index (χ2n) is 1.90. The summed E-state index contributed by atoms with van der Waals surface area (Å²) in [5.74, 6) is 0. The van der Waals surface area contributed by atoms with E-state index in [-0.39, 0.29) is 0 Å². The molecule has 0 saturated heterocycles. The van der Waals surface area contributed by atoms with Crippen LogP contribution < -0.4 is 0 Å². The van der Waals surface area contributed by atoms with E-state index in [4.69, 9.17) is 10.2 Å². The van der Waals surface area contributed by atoms with Crippen molar-refractivity contribution in [1.82, 2.24) is 5.06 Å². The molecule has 0 aromatic rings. The van der Waals surface area contributed by atoms with Crippen LogP contribution in [0.4, 0.5) is 0 Å². The molecule has 4 nitrogen and oxygen atoms in total. The van der Waals surface area contributed by atoms with Gasteiger partial charge in [-0.3, -0.25) is 0 Å². The zero-order chi connectivity index (χ0) is 8.15. The van der Waals surface area contributed by atoms with E-state index >= 15 is 0 Å². The highest BCUT2D eigenvalue weighted by molar-refractivity contribution is 4.52. The summed E-state index contributed by atoms with van der Waals surface area (Å²) in [6.45, 7) is 6.24. The van der Waals surface area contributed by atoms with E-state index in [1.165, 1.54) is 13.8 Å². The van der Waals surface area contributed by atoms with Crippen molar-refractivity contribution in [2.45, 2.75) is 26.3 Å². The average molecular weight is 147 g/mol. The third-order valence-corrected chi connectivity index (χ3v) is 0.933. The van der Waals surface area contributed by atoms with Crippen molar-refractivity contribution in [2.75, 3.05) is 0 Å². The predicted octanol–water partition coefficient (Wildman–Crippen LogP) is 0.0401. The van der Waals surface area contributed by atoms with Crippen molar-refractivity contribution in [1.29, 1.82) is 0 Å². The van der Waals surface area contributed by atoms with E-state index in [2.05, 4.69) is 11.4 Å². The molecule has 0 aromatic heterocycles. The van der Waals surface area contributed by atoms with Gasteiger partial charge >= 0.3 is 0 Å². The maximum absolute atomic E-state index is 8.91. The monoisotopic (exact) mass is 147 g/mol. The van der Waals surface area contributed by atoms with E-state index < -0.39 is 12.5 Å². The fraction of sp³-hybridized carbons (Fsp3) is 0.667. The minimum Gasteiger partial charge on any atom is -0.409 e. The molecule has 0 amide bonds. The molecule has 0 aliphatic rings. The van der Waals surface area contributed by atoms with E-state index in [0.29, 0.717) is 0 Å². The van der Waals surface area contributed by atoms with Gasteiger partial charge in [0.2, 0.25) is 0 Å². The first-order chi connectivity index (χ1) is 4.59. The summed E-state index contributed by atoms with van der Waals surface area (Å²) in [7, 11) is 0. The minimum absolute atomic E-state index is 0.849. The highest BCUT2D eigenvalue weighted by Gasteiger charge is 2.15. The molecular formula is C6H13NO3. The lowest BCUT2D eigenvalue weighted by Crippen LogP contribution is -2.38. The fourth-order valence-corrected chi connectivity index (χ4v) is 0.574. The Morgan fingerprint density at radius 3 is 1.90 bits per heavy atom. The van der Waals surface area contributed by atoms with Crippen LogP contribution in [0.2, 0.25) is 0 Å². The number of hydrogen-bond acceptors (Lipinski definition) is 4. The SMILES string of the molecule is C=CON(C(C)O)C(C)O. The molecule has 2 atom stereocenters. The third-order valence-electron chi connectivity index (χ3n) is 0.933. The van der Waals surface area contributed by atoms with Crippen molar-refractivity contribution >= 4 is 0 Å². The number of nitrogens with zero attached hydrogens (tertiary/aromatic N) is 1. The molecule has 0 heterocycles. The lowest BCUT2D eigenvalue weighted by Gasteiger charge is -2.25. The van der Waals surface area contributed by atoms with Crippen molar-refractivity contribution < 1.29 is 15.1 Å². The lowest BCUT2D eigenvalue weighted by atomic mass is 10.5. The van der Waals surface area contributed by atoms with Gasteiger partial charge in [-0.25, -0.2) is 0 Å². The second-order valence-corrected chi connectivity index (χ2v) is 1.90. The molecule has 0 aliphatic heterocycles. The molecule has 4 heteroatoms. The third kappa shape index (κ3) is 2.82. The van der Waals surface area contributed by atoms with Gasteiger partial charge < -0.3 is 15.1 Å². The summed E-state index contributed by atoms with van der Waals surface area (Å²) in [5, 5.41) is 18.8. The highest BCUT2D eigenvalue weighted by Crippen LogP contribution is 2.01. The minimum atomic E-state index is -0.849. The summed E-state index contributed by atoms with van der Waals surface area (Å²) < 4.78 is 0. The molecule has 0 rings (SSSR count). The van der Waals surface area contributed by atoms with Crippen LogP contribution in [0.3, 0.4) is 0 Å². The van der Waals surface area contributed by atoms with Crippen LogP contribution in [0.15, 0.2) is 12.8 Å². The van der Waals surface area contributed by atoms with Gasteiger partial charge in [-0.15, -0.1) is 0 Å². The first-order valence-electron chi connectivity index (χ1n) is 3.01. The number of aliphatic hydroxyl groups is 2. The largest absolute Gasteiger partial charge is 0.409 e. The van der Waals surface area contributed by atoms with Gasteiger partial charge in [-0.2, -0.15) is 0 Å². The van der Waals surface area contributed by atoms with E-state index in [1.807, 2.05) is 0 Å². The second kappa shape index (κ2) is 4.27. The Morgan fingerprint density at radius 2 is 1.80 bits per heavy atom. The summed E-state index contributed by atoms with van der Waals surface area (Å²) >= 11 is 0. The van der Waals surface area contributed by atoms with Gasteiger partial charge in [-0.05, 0) is 13.8 Å². The van der Waals surface area contributed by atoms with Gasteiger partial charge in [0.1, 0.15) is 18.7 Å². The summed E-state index contributed by atoms with van der Waals surface area (Å²) in [4.78, 5) is 4.66. The quantitative estimate of drug-likeness (QED) is 0.335. The van der Waals surface area contributed by atoms with Crippen LogP contribution in [-0.2, 0) is 4.84 Å². The Bertz CT molecular complexity index is 95.2. The first-order valence-corrected chi connectivity index (χ1v) is 3.01. The predicted molar refractivity (Wildman–Crippen MR) is 36.5 cm³/mol. The Kier molecular flexibility index (Phi) is 4.02. The maximum Gasteiger partial charge on any atom is 0.140 e. The van der Waals surface area contributed by atoms with Crippen molar-refractivity contribution in [3.05, 3.63) is 12.8 Å². The fourth-order valence-electron chi connectivity index (χ4n) is 0.574. The molecule has 0 fully saturated rings. The summed E-state index contributed by atoms with van der Waals surface area (Å²) in [6, 6.07) is 0. The molecule has 60 valence electrons. The Hall–Kier alpha value is -0.580. The van der Waals surface area contributed by atoms with Crippen LogP contribution in [0.25, 0.3) is 0 Å². The smallest absolute Gasteiger partial charge is 0.140 e. The van der Waals surface area contributed by atoms with Crippen molar-refractivity contribution in [3.8, 4) is 0 Å². The lowest BCUT2D eigenvalue weighted by molar-refractivity contribution is -0.261. The molecule has 2 unspecified atom stereocenters. The zero-order valence-corrected chi connectivity index (χ0v) is 6.19. The van der Waals surface area contributed by atoms with Crippen LogP contribution in [0, 0.1) is 0 Å². The molecule has 0 bridgehead atoms. The average Bonchev–Trinajstić information content (AvgIpc) is 1.81. The molecule has 0 saturated carbocycles. The van der Waals surface area contributed by atoms with Gasteiger partial charge in [0.25, 0.3) is 0 Å². The van der Waals surface area contributed by atoms with E-state index in [9.17, 15) is 0 Å². The molecule has 2 N–H and O–H groups in total. The Morgan fingerprint density at radius 1 is 1.40 bits per heavy atom. The van der Waals surface area contributed by atoms with E-state index in [0.717, 1.165) is 11.3 Å². The van der Waals surface area contributed by atoms with Crippen molar-refractivity contribution in [2.24, 2.45) is 0 Å². The van der Waals surface area contributed by atoms with E-state index in [1.54, 1.807) is 0 Å². The molecular weight excluding hydrogens is 134 g/mol. The number of hydrogen-bond donors (Lipinski definition) is 2. The summed E-state index contributed by atoms with van der Waals surface area (Å²) in [6.07, 6.45) is -0.560. The maximum atomic E-state index is 8.91. The summed E-state index contributed by atoms with van der Waals surface area (Å²) in [5.41, 5.74) is 0. The first kappa shape index (κ1) is 9.42. The molecule has 0 radical (unpaired) electrons. The topological polar surface area (TPSA) is 52.9 Å². The molecule has 0 spiro atoms. The van der Waals surface area contributed by atoms with Crippen molar-refractivity contribution in [3.63, 3.8) is 0 Å². The van der Waals surface area contributed by atoms with Crippen LogP contribution >= 0.6 is 0 Å². The van der Waals surface area contributed by atoms with Crippen LogP contribution in [-0.4, -0.2) is 27.7 Å². The Labute approximate surface area is 60.3 Å². The van der Waals surface area contributed by atoms with Crippen LogP contribution in [0.5, 0.6) is 0 Å². The number of aliphatic hydroxyl groups excluding tert-OH is 2. The number of hydroxylamine groups is 2. The zero-order valence-electron chi connectivity index (χ0n) is 6.19. The van der Waals surface area contributed by atoms with Gasteiger partial charge in [0, 0.05) is 0 Å². The van der Waals surface area contributed by atoms with Gasteiger partial charge in [-0.1, -0.05) is 11.6 Å². The van der Waals surface area contributed by atoms with Crippen LogP contribution in [0.1, 0.15) is 13.8 Å². The Balaban J connectivity index is 3.84. The number of rotatable bonds is 4. The highest BCUT2D eigenvalue weighted by atomic mass is 16.7. The molecule has 0 aromatic carbocycles. The molecule has 10 heavy (non-hydrogen) atoms. The van der Waals surface area contributed by atoms with Gasteiger partial charge in [0.05, 0.1) is 0 Å². The molecule has 0 aliphatic carbocycles. The normalized spacial score (nSPS) is 16.5. The standard InChI is InChI=1S/C6H13NO3/c1-4-10-7(5(2)8)6(3)9/h4-6,8-9H,1H2,2-3H3.